The molecule has 5 heteroatoms. The number of halogens is 1. The van der Waals surface area contributed by atoms with E-state index in [1.165, 1.54) is 0 Å². The first-order valence-electron chi connectivity index (χ1n) is 4.89. The van der Waals surface area contributed by atoms with Crippen LogP contribution in [0.25, 0.3) is 0 Å². The lowest BCUT2D eigenvalue weighted by Gasteiger charge is -2.00. The van der Waals surface area contributed by atoms with Crippen molar-refractivity contribution in [3.05, 3.63) is 11.9 Å². The Balaban J connectivity index is 2.22. The number of hydrogen-bond acceptors (Lipinski definition) is 3. The smallest absolute Gasteiger partial charge is 0.0839 e. The lowest BCUT2D eigenvalue weighted by atomic mass is 10.4. The molecule has 0 spiro atoms. The molecule has 0 N–H and O–H groups in total. The molecule has 0 saturated carbocycles. The van der Waals surface area contributed by atoms with Crippen LogP contribution in [0.2, 0.25) is 0 Å². The van der Waals surface area contributed by atoms with E-state index in [-0.39, 0.29) is 0 Å². The summed E-state index contributed by atoms with van der Waals surface area (Å²) in [6.07, 6.45) is 3.69. The minimum Gasteiger partial charge on any atom is -0.382 e. The van der Waals surface area contributed by atoms with Gasteiger partial charge in [0.05, 0.1) is 5.69 Å². The number of aryl methyl sites for hydroxylation is 2. The van der Waals surface area contributed by atoms with Crippen LogP contribution in [0.5, 0.6) is 0 Å². The highest BCUT2D eigenvalue weighted by Gasteiger charge is 1.99. The molecule has 80 valence electrons. The molecule has 4 nitrogen and oxygen atoms in total. The number of aromatic nitrogens is 3. The molecule has 0 saturated heterocycles. The van der Waals surface area contributed by atoms with E-state index in [2.05, 4.69) is 10.3 Å². The Hall–Kier alpha value is -0.610. The molecule has 0 atom stereocenters. The van der Waals surface area contributed by atoms with E-state index in [4.69, 9.17) is 16.3 Å². The average molecular weight is 218 g/mol. The Bertz CT molecular complexity index is 252. The number of nitrogens with zero attached hydrogens (tertiary/aromatic N) is 3. The number of alkyl halides is 1. The minimum atomic E-state index is 0.595. The van der Waals surface area contributed by atoms with Crippen molar-refractivity contribution < 1.29 is 4.74 Å². The first-order valence-corrected chi connectivity index (χ1v) is 5.43. The van der Waals surface area contributed by atoms with Gasteiger partial charge in [0.25, 0.3) is 0 Å². The summed E-state index contributed by atoms with van der Waals surface area (Å²) >= 11 is 5.59. The first kappa shape index (κ1) is 11.5. The van der Waals surface area contributed by atoms with Crippen molar-refractivity contribution in [1.82, 2.24) is 15.0 Å². The highest BCUT2D eigenvalue weighted by Crippen LogP contribution is 1.97. The van der Waals surface area contributed by atoms with Gasteiger partial charge in [-0.2, -0.15) is 0 Å². The van der Waals surface area contributed by atoms with Gasteiger partial charge in [0.2, 0.25) is 0 Å². The van der Waals surface area contributed by atoms with Gasteiger partial charge in [-0.05, 0) is 13.3 Å². The summed E-state index contributed by atoms with van der Waals surface area (Å²) in [4.78, 5) is 0. The zero-order valence-corrected chi connectivity index (χ0v) is 9.20. The van der Waals surface area contributed by atoms with Gasteiger partial charge in [0.1, 0.15) is 0 Å². The fraction of sp³-hybridized carbons (Fsp3) is 0.778. The van der Waals surface area contributed by atoms with Gasteiger partial charge in [0.15, 0.2) is 0 Å². The zero-order valence-electron chi connectivity index (χ0n) is 8.45. The van der Waals surface area contributed by atoms with Gasteiger partial charge in [-0.15, -0.1) is 16.7 Å². The molecule has 14 heavy (non-hydrogen) atoms. The average Bonchev–Trinajstić information content (AvgIpc) is 2.61. The van der Waals surface area contributed by atoms with Crippen LogP contribution >= 0.6 is 11.6 Å². The monoisotopic (exact) mass is 217 g/mol. The van der Waals surface area contributed by atoms with Crippen LogP contribution < -0.4 is 0 Å². The van der Waals surface area contributed by atoms with Crippen LogP contribution in [-0.2, 0) is 17.7 Å². The molecular weight excluding hydrogens is 202 g/mol. The fourth-order valence-corrected chi connectivity index (χ4v) is 1.33. The van der Waals surface area contributed by atoms with Crippen molar-refractivity contribution in [3.8, 4) is 0 Å². The van der Waals surface area contributed by atoms with Crippen molar-refractivity contribution in [2.24, 2.45) is 0 Å². The van der Waals surface area contributed by atoms with Gasteiger partial charge in [0, 0.05) is 38.3 Å². The summed E-state index contributed by atoms with van der Waals surface area (Å²) in [5, 5.41) is 7.98. The molecular formula is C9H16ClN3O. The van der Waals surface area contributed by atoms with Crippen molar-refractivity contribution in [2.45, 2.75) is 26.3 Å². The molecule has 0 unspecified atom stereocenters. The molecule has 1 heterocycles. The Morgan fingerprint density at radius 1 is 1.57 bits per heavy atom. The number of hydrogen-bond donors (Lipinski definition) is 0. The van der Waals surface area contributed by atoms with Crippen LogP contribution in [0.3, 0.4) is 0 Å². The third-order valence-electron chi connectivity index (χ3n) is 1.82. The normalized spacial score (nSPS) is 10.7. The lowest BCUT2D eigenvalue weighted by Crippen LogP contribution is -2.03. The third kappa shape index (κ3) is 4.07. The standard InChI is InChI=1S/C9H16ClN3O/c1-2-14-7-3-6-13-8-9(4-5-10)11-12-13/h8H,2-7H2,1H3. The summed E-state index contributed by atoms with van der Waals surface area (Å²) < 4.78 is 7.06. The molecule has 0 aromatic carbocycles. The topological polar surface area (TPSA) is 39.9 Å². The molecule has 0 fully saturated rings. The molecule has 0 aliphatic carbocycles. The van der Waals surface area contributed by atoms with E-state index in [9.17, 15) is 0 Å². The Labute approximate surface area is 89.2 Å². The summed E-state index contributed by atoms with van der Waals surface area (Å²) in [7, 11) is 0. The molecule has 0 radical (unpaired) electrons. The molecule has 1 rings (SSSR count). The van der Waals surface area contributed by atoms with Gasteiger partial charge in [-0.3, -0.25) is 4.68 Å². The minimum absolute atomic E-state index is 0.595. The first-order chi connectivity index (χ1) is 6.86. The molecule has 0 aliphatic heterocycles. The summed E-state index contributed by atoms with van der Waals surface area (Å²) in [6.45, 7) is 4.40. The largest absolute Gasteiger partial charge is 0.382 e. The van der Waals surface area contributed by atoms with E-state index in [1.807, 2.05) is 17.8 Å². The van der Waals surface area contributed by atoms with Crippen molar-refractivity contribution in [1.29, 1.82) is 0 Å². The fourth-order valence-electron chi connectivity index (χ4n) is 1.13. The predicted molar refractivity (Wildman–Crippen MR) is 55.6 cm³/mol. The van der Waals surface area contributed by atoms with E-state index >= 15 is 0 Å². The number of ether oxygens (including phenoxy) is 1. The zero-order chi connectivity index (χ0) is 10.2. The summed E-state index contributed by atoms with van der Waals surface area (Å²) in [6, 6.07) is 0. The third-order valence-corrected chi connectivity index (χ3v) is 2.01. The highest BCUT2D eigenvalue weighted by atomic mass is 35.5. The second-order valence-electron chi connectivity index (χ2n) is 2.96. The summed E-state index contributed by atoms with van der Waals surface area (Å²) in [5.41, 5.74) is 0.955. The number of rotatable bonds is 7. The predicted octanol–water partition coefficient (Wildman–Crippen LogP) is 1.49. The van der Waals surface area contributed by atoms with Gasteiger partial charge >= 0.3 is 0 Å². The van der Waals surface area contributed by atoms with E-state index in [0.717, 1.165) is 38.3 Å². The maximum Gasteiger partial charge on any atom is 0.0839 e. The van der Waals surface area contributed by atoms with E-state index in [1.54, 1.807) is 0 Å². The van der Waals surface area contributed by atoms with Crippen molar-refractivity contribution in [3.63, 3.8) is 0 Å². The Morgan fingerprint density at radius 3 is 3.14 bits per heavy atom. The molecule has 1 aromatic heterocycles. The van der Waals surface area contributed by atoms with Crippen LogP contribution in [0, 0.1) is 0 Å². The van der Waals surface area contributed by atoms with Gasteiger partial charge < -0.3 is 4.74 Å². The van der Waals surface area contributed by atoms with E-state index in [0.29, 0.717) is 5.88 Å². The van der Waals surface area contributed by atoms with Gasteiger partial charge in [-0.25, -0.2) is 0 Å². The second kappa shape index (κ2) is 6.79. The van der Waals surface area contributed by atoms with Crippen molar-refractivity contribution >= 4 is 11.6 Å². The molecule has 1 aromatic rings. The van der Waals surface area contributed by atoms with Crippen molar-refractivity contribution in [2.75, 3.05) is 19.1 Å². The quantitative estimate of drug-likeness (QED) is 0.513. The lowest BCUT2D eigenvalue weighted by molar-refractivity contribution is 0.140. The SMILES string of the molecule is CCOCCCn1cc(CCCl)nn1. The van der Waals surface area contributed by atoms with Crippen LogP contribution in [-0.4, -0.2) is 34.1 Å². The summed E-state index contributed by atoms with van der Waals surface area (Å²) in [5.74, 6) is 0.595. The Kier molecular flexibility index (Phi) is 5.56. The molecule has 0 amide bonds. The maximum atomic E-state index is 5.59. The molecule has 0 bridgehead atoms. The van der Waals surface area contributed by atoms with Crippen LogP contribution in [0.1, 0.15) is 19.0 Å². The van der Waals surface area contributed by atoms with Crippen LogP contribution in [0.15, 0.2) is 6.20 Å². The van der Waals surface area contributed by atoms with Gasteiger partial charge in [-0.1, -0.05) is 5.21 Å². The molecule has 0 aliphatic rings. The Morgan fingerprint density at radius 2 is 2.43 bits per heavy atom. The second-order valence-corrected chi connectivity index (χ2v) is 3.34. The van der Waals surface area contributed by atoms with E-state index < -0.39 is 0 Å². The maximum absolute atomic E-state index is 5.59. The van der Waals surface area contributed by atoms with Crippen LogP contribution in [0.4, 0.5) is 0 Å². The highest BCUT2D eigenvalue weighted by molar-refractivity contribution is 6.17.